The van der Waals surface area contributed by atoms with Gasteiger partial charge in [-0.25, -0.2) is 0 Å². The van der Waals surface area contributed by atoms with E-state index in [1.807, 2.05) is 24.3 Å². The van der Waals surface area contributed by atoms with Crippen LogP contribution in [0.4, 0.5) is 17.1 Å². The predicted octanol–water partition coefficient (Wildman–Crippen LogP) is 11.2. The molecule has 200 valence electrons. The summed E-state index contributed by atoms with van der Waals surface area (Å²) in [5.74, 6) is 0. The van der Waals surface area contributed by atoms with E-state index in [0.717, 1.165) is 28.2 Å². The maximum atomic E-state index is 9.46. The lowest BCUT2D eigenvalue weighted by Crippen LogP contribution is -2.10. The molecule has 7 aromatic rings. The van der Waals surface area contributed by atoms with Gasteiger partial charge < -0.3 is 4.90 Å². The van der Waals surface area contributed by atoms with Gasteiger partial charge in [-0.3, -0.25) is 0 Å². The van der Waals surface area contributed by atoms with Crippen LogP contribution in [-0.4, -0.2) is 0 Å². The highest BCUT2D eigenvalue weighted by atomic mass is 15.1. The summed E-state index contributed by atoms with van der Waals surface area (Å²) in [4.78, 5) is 2.30. The highest BCUT2D eigenvalue weighted by Crippen LogP contribution is 2.49. The maximum Gasteiger partial charge on any atom is 0.0991 e. The summed E-state index contributed by atoms with van der Waals surface area (Å²) in [6.45, 7) is 0. The fraction of sp³-hybridized carbons (Fsp3) is 0. The van der Waals surface area contributed by atoms with Crippen molar-refractivity contribution < 1.29 is 0 Å². The Kier molecular flexibility index (Phi) is 5.88. The first kappa shape index (κ1) is 24.9. The van der Waals surface area contributed by atoms with Crippen molar-refractivity contribution in [2.45, 2.75) is 0 Å². The molecule has 8 rings (SSSR count). The smallest absolute Gasteiger partial charge is 0.0991 e. The van der Waals surface area contributed by atoms with Crippen molar-refractivity contribution in [2.24, 2.45) is 0 Å². The minimum atomic E-state index is 0.656. The second-order valence-corrected chi connectivity index (χ2v) is 10.9. The second kappa shape index (κ2) is 10.2. The van der Waals surface area contributed by atoms with E-state index >= 15 is 0 Å². The van der Waals surface area contributed by atoms with E-state index in [9.17, 15) is 5.26 Å². The number of nitriles is 1. The van der Waals surface area contributed by atoms with Gasteiger partial charge in [-0.15, -0.1) is 0 Å². The van der Waals surface area contributed by atoms with Crippen LogP contribution in [-0.2, 0) is 0 Å². The lowest BCUT2D eigenvalue weighted by atomic mass is 9.94. The highest BCUT2D eigenvalue weighted by molar-refractivity contribution is 6.18. The third-order valence-corrected chi connectivity index (χ3v) is 8.41. The third kappa shape index (κ3) is 4.19. The van der Waals surface area contributed by atoms with Gasteiger partial charge in [-0.2, -0.15) is 5.26 Å². The Labute approximate surface area is 251 Å². The van der Waals surface area contributed by atoms with Crippen molar-refractivity contribution in [3.63, 3.8) is 0 Å². The van der Waals surface area contributed by atoms with Crippen molar-refractivity contribution in [3.8, 4) is 50.6 Å². The first-order chi connectivity index (χ1) is 21.3. The van der Waals surface area contributed by atoms with E-state index in [4.69, 9.17) is 0 Å². The first-order valence-corrected chi connectivity index (χ1v) is 14.5. The monoisotopic (exact) mass is 546 g/mol. The number of anilines is 3. The van der Waals surface area contributed by atoms with Crippen molar-refractivity contribution in [1.82, 2.24) is 0 Å². The zero-order valence-corrected chi connectivity index (χ0v) is 23.4. The SMILES string of the molecule is N#Cc1cccc(-c2cccc(N(c3ccccc3)c3cccc(-c4ccc5c6c(cccc46)-c4ccccc4-5)c3)c2)c1. The Morgan fingerprint density at radius 1 is 0.395 bits per heavy atom. The van der Waals surface area contributed by atoms with Crippen molar-refractivity contribution >= 4 is 27.8 Å². The van der Waals surface area contributed by atoms with E-state index in [1.165, 1.54) is 44.2 Å². The molecule has 1 aliphatic rings. The van der Waals surface area contributed by atoms with Crippen molar-refractivity contribution in [2.75, 3.05) is 4.90 Å². The molecule has 43 heavy (non-hydrogen) atoms. The zero-order valence-electron chi connectivity index (χ0n) is 23.4. The van der Waals surface area contributed by atoms with Crippen LogP contribution in [0, 0.1) is 11.3 Å². The zero-order chi connectivity index (χ0) is 28.8. The van der Waals surface area contributed by atoms with Crippen LogP contribution in [0.1, 0.15) is 5.56 Å². The number of nitrogens with zero attached hydrogens (tertiary/aromatic N) is 2. The number of rotatable bonds is 5. The molecule has 0 saturated heterocycles. The topological polar surface area (TPSA) is 27.0 Å². The van der Waals surface area contributed by atoms with Crippen LogP contribution in [0.15, 0.2) is 158 Å². The van der Waals surface area contributed by atoms with Crippen LogP contribution in [0.25, 0.3) is 55.3 Å². The molecule has 0 heterocycles. The molecule has 0 saturated carbocycles. The van der Waals surface area contributed by atoms with E-state index in [1.54, 1.807) is 0 Å². The average Bonchev–Trinajstić information content (AvgIpc) is 3.41. The number of benzene rings is 7. The molecule has 7 aromatic carbocycles. The molecule has 0 aliphatic heterocycles. The summed E-state index contributed by atoms with van der Waals surface area (Å²) in [5.41, 5.74) is 13.6. The Hall–Kier alpha value is -5.91. The molecular weight excluding hydrogens is 520 g/mol. The molecule has 0 fully saturated rings. The molecule has 0 spiro atoms. The largest absolute Gasteiger partial charge is 0.310 e. The number of hydrogen-bond donors (Lipinski definition) is 0. The van der Waals surface area contributed by atoms with Crippen molar-refractivity contribution in [1.29, 1.82) is 5.26 Å². The van der Waals surface area contributed by atoms with Gasteiger partial charge in [0.05, 0.1) is 11.6 Å². The van der Waals surface area contributed by atoms with Crippen molar-refractivity contribution in [3.05, 3.63) is 163 Å². The fourth-order valence-corrected chi connectivity index (χ4v) is 6.49. The summed E-state index contributed by atoms with van der Waals surface area (Å²) in [6.07, 6.45) is 0. The molecule has 2 heteroatoms. The summed E-state index contributed by atoms with van der Waals surface area (Å²) in [7, 11) is 0. The van der Waals surface area contributed by atoms with Gasteiger partial charge in [-0.05, 0) is 104 Å². The predicted molar refractivity (Wildman–Crippen MR) is 179 cm³/mol. The van der Waals surface area contributed by atoms with Gasteiger partial charge in [0.1, 0.15) is 0 Å². The molecule has 0 bridgehead atoms. The van der Waals surface area contributed by atoms with E-state index in [2.05, 4.69) is 144 Å². The number of hydrogen-bond acceptors (Lipinski definition) is 2. The quantitative estimate of drug-likeness (QED) is 0.215. The first-order valence-electron chi connectivity index (χ1n) is 14.5. The van der Waals surface area contributed by atoms with E-state index in [-0.39, 0.29) is 0 Å². The average molecular weight is 547 g/mol. The number of fused-ring (bicyclic) bond motifs is 3. The van der Waals surface area contributed by atoms with Gasteiger partial charge in [0.15, 0.2) is 0 Å². The highest BCUT2D eigenvalue weighted by Gasteiger charge is 2.22. The Morgan fingerprint density at radius 2 is 0.930 bits per heavy atom. The van der Waals surface area contributed by atoms with Crippen LogP contribution in [0.2, 0.25) is 0 Å². The van der Waals surface area contributed by atoms with Gasteiger partial charge in [0.2, 0.25) is 0 Å². The summed E-state index contributed by atoms with van der Waals surface area (Å²) in [5, 5.41) is 12.1. The third-order valence-electron chi connectivity index (χ3n) is 8.41. The minimum absolute atomic E-state index is 0.656. The van der Waals surface area contributed by atoms with Gasteiger partial charge in [0.25, 0.3) is 0 Å². The lowest BCUT2D eigenvalue weighted by molar-refractivity contribution is 1.28. The molecule has 2 nitrogen and oxygen atoms in total. The second-order valence-electron chi connectivity index (χ2n) is 10.9. The number of para-hydroxylation sites is 1. The molecular formula is C41H26N2. The van der Waals surface area contributed by atoms with Crippen LogP contribution in [0.3, 0.4) is 0 Å². The minimum Gasteiger partial charge on any atom is -0.310 e. The fourth-order valence-electron chi connectivity index (χ4n) is 6.49. The molecule has 0 radical (unpaired) electrons. The van der Waals surface area contributed by atoms with Crippen LogP contribution >= 0.6 is 0 Å². The van der Waals surface area contributed by atoms with Gasteiger partial charge in [-0.1, -0.05) is 109 Å². The summed E-state index contributed by atoms with van der Waals surface area (Å²) in [6, 6.07) is 57.9. The molecule has 0 atom stereocenters. The Bertz CT molecular complexity index is 2180. The molecule has 1 aliphatic carbocycles. The normalized spacial score (nSPS) is 11.2. The van der Waals surface area contributed by atoms with E-state index < -0.39 is 0 Å². The molecule has 0 N–H and O–H groups in total. The standard InChI is InChI=1S/C41H26N2/c42-27-28-10-6-11-29(24-28)30-12-7-16-33(25-30)43(32-14-2-1-3-15-32)34-17-8-13-31(26-34)35-22-23-40-37-19-5-4-18-36(37)39-21-9-20-38(35)41(39)40/h1-26H. The summed E-state index contributed by atoms with van der Waals surface area (Å²) < 4.78 is 0. The Morgan fingerprint density at radius 3 is 1.67 bits per heavy atom. The molecule has 0 unspecified atom stereocenters. The molecule has 0 aromatic heterocycles. The Balaban J connectivity index is 1.27. The lowest BCUT2D eigenvalue weighted by Gasteiger charge is -2.26. The summed E-state index contributed by atoms with van der Waals surface area (Å²) >= 11 is 0. The van der Waals surface area contributed by atoms with E-state index in [0.29, 0.717) is 5.56 Å². The molecule has 0 amide bonds. The van der Waals surface area contributed by atoms with Gasteiger partial charge >= 0.3 is 0 Å². The van der Waals surface area contributed by atoms with Crippen LogP contribution < -0.4 is 4.90 Å². The maximum absolute atomic E-state index is 9.46. The van der Waals surface area contributed by atoms with Crippen LogP contribution in [0.5, 0.6) is 0 Å². The van der Waals surface area contributed by atoms with Gasteiger partial charge in [0, 0.05) is 17.1 Å².